The number of hydrazone groups is 1. The monoisotopic (exact) mass is 479 g/mol. The van der Waals surface area contributed by atoms with Gasteiger partial charge in [0, 0.05) is 21.8 Å². The summed E-state index contributed by atoms with van der Waals surface area (Å²) in [5.74, 6) is -0.632. The average Bonchev–Trinajstić information content (AvgIpc) is 2.83. The first-order valence-corrected chi connectivity index (χ1v) is 10.9. The molecule has 7 nitrogen and oxygen atoms in total. The van der Waals surface area contributed by atoms with E-state index < -0.39 is 11.8 Å². The van der Waals surface area contributed by atoms with Crippen LogP contribution in [0.15, 0.2) is 65.8 Å². The maximum Gasteiger partial charge on any atom is 0.329 e. The summed E-state index contributed by atoms with van der Waals surface area (Å²) < 4.78 is 11.3. The van der Waals surface area contributed by atoms with Crippen molar-refractivity contribution in [3.8, 4) is 11.5 Å². The van der Waals surface area contributed by atoms with Gasteiger partial charge in [0.2, 0.25) is 0 Å². The van der Waals surface area contributed by atoms with E-state index in [1.807, 2.05) is 44.2 Å². The number of carbonyl (C=O) groups is 2. The van der Waals surface area contributed by atoms with Gasteiger partial charge < -0.3 is 14.8 Å². The number of hydrogen-bond donors (Lipinski definition) is 2. The van der Waals surface area contributed by atoms with Crippen LogP contribution in [0.25, 0.3) is 0 Å². The van der Waals surface area contributed by atoms with Crippen molar-refractivity contribution in [1.29, 1.82) is 0 Å². The highest BCUT2D eigenvalue weighted by molar-refractivity contribution is 6.39. The third-order valence-corrected chi connectivity index (χ3v) is 5.46. The molecule has 0 aliphatic rings. The number of ether oxygens (including phenoxy) is 2. The molecule has 34 heavy (non-hydrogen) atoms. The Morgan fingerprint density at radius 2 is 1.74 bits per heavy atom. The average molecular weight is 480 g/mol. The maximum absolute atomic E-state index is 12.2. The van der Waals surface area contributed by atoms with Crippen LogP contribution in [-0.2, 0) is 16.2 Å². The molecule has 8 heteroatoms. The first-order chi connectivity index (χ1) is 16.3. The van der Waals surface area contributed by atoms with E-state index in [9.17, 15) is 9.59 Å². The van der Waals surface area contributed by atoms with Crippen LogP contribution in [0.2, 0.25) is 5.02 Å². The minimum atomic E-state index is -0.869. The maximum atomic E-state index is 12.2. The Bertz CT molecular complexity index is 1240. The summed E-state index contributed by atoms with van der Waals surface area (Å²) in [5, 5.41) is 7.28. The fourth-order valence-electron chi connectivity index (χ4n) is 3.08. The third-order valence-electron chi connectivity index (χ3n) is 5.10. The number of hydrogen-bond acceptors (Lipinski definition) is 5. The van der Waals surface area contributed by atoms with E-state index in [2.05, 4.69) is 15.8 Å². The van der Waals surface area contributed by atoms with Gasteiger partial charge in [0.25, 0.3) is 0 Å². The topological polar surface area (TPSA) is 89.0 Å². The number of amides is 2. The van der Waals surface area contributed by atoms with Crippen molar-refractivity contribution in [3.05, 3.63) is 87.9 Å². The van der Waals surface area contributed by atoms with Gasteiger partial charge in [-0.25, -0.2) is 5.43 Å². The summed E-state index contributed by atoms with van der Waals surface area (Å²) >= 11 is 6.18. The van der Waals surface area contributed by atoms with Gasteiger partial charge in [0.05, 0.1) is 12.8 Å². The molecule has 0 aliphatic heterocycles. The predicted molar refractivity (Wildman–Crippen MR) is 134 cm³/mol. The zero-order valence-electron chi connectivity index (χ0n) is 19.4. The van der Waals surface area contributed by atoms with Crippen molar-refractivity contribution in [3.63, 3.8) is 0 Å². The van der Waals surface area contributed by atoms with Crippen LogP contribution < -0.4 is 20.2 Å². The van der Waals surface area contributed by atoms with E-state index in [-0.39, 0.29) is 6.61 Å². The first kappa shape index (κ1) is 24.8. The van der Waals surface area contributed by atoms with Gasteiger partial charge in [-0.3, -0.25) is 9.59 Å². The van der Waals surface area contributed by atoms with Gasteiger partial charge in [0.1, 0.15) is 6.61 Å². The quantitative estimate of drug-likeness (QED) is 0.283. The number of halogens is 1. The Morgan fingerprint density at radius 3 is 2.47 bits per heavy atom. The molecule has 3 rings (SSSR count). The van der Waals surface area contributed by atoms with Gasteiger partial charge in [-0.2, -0.15) is 5.10 Å². The van der Waals surface area contributed by atoms with Crippen molar-refractivity contribution < 1.29 is 19.1 Å². The second kappa shape index (κ2) is 11.3. The van der Waals surface area contributed by atoms with Gasteiger partial charge in [-0.1, -0.05) is 41.9 Å². The van der Waals surface area contributed by atoms with Crippen LogP contribution in [0, 0.1) is 13.8 Å². The lowest BCUT2D eigenvalue weighted by Gasteiger charge is -2.13. The van der Waals surface area contributed by atoms with Gasteiger partial charge >= 0.3 is 11.8 Å². The molecule has 176 valence electrons. The molecule has 0 fully saturated rings. The molecule has 0 atom stereocenters. The van der Waals surface area contributed by atoms with Crippen LogP contribution in [-0.4, -0.2) is 24.6 Å². The normalized spacial score (nSPS) is 11.0. The van der Waals surface area contributed by atoms with Gasteiger partial charge in [0.15, 0.2) is 11.5 Å². The van der Waals surface area contributed by atoms with Crippen LogP contribution in [0.4, 0.5) is 5.69 Å². The fourth-order valence-corrected chi connectivity index (χ4v) is 3.27. The molecule has 0 unspecified atom stereocenters. The molecule has 0 bridgehead atoms. The lowest BCUT2D eigenvalue weighted by molar-refractivity contribution is -0.136. The lowest BCUT2D eigenvalue weighted by atomic mass is 10.1. The number of benzene rings is 3. The highest BCUT2D eigenvalue weighted by atomic mass is 35.5. The van der Waals surface area contributed by atoms with Crippen LogP contribution in [0.1, 0.15) is 29.2 Å². The number of nitrogens with zero attached hydrogens (tertiary/aromatic N) is 1. The summed E-state index contributed by atoms with van der Waals surface area (Å²) in [5.41, 5.74) is 6.74. The second-order valence-electron chi connectivity index (χ2n) is 7.66. The molecule has 0 aliphatic carbocycles. The summed E-state index contributed by atoms with van der Waals surface area (Å²) in [6, 6.07) is 18.3. The second-order valence-corrected chi connectivity index (χ2v) is 8.06. The standard InChI is InChI=1S/C26H26ClN3O4/c1-16-9-10-17(2)22(13-16)28-25(31)26(32)30-29-18(3)19-11-12-23(24(14-19)33-4)34-15-20-7-5-6-8-21(20)27/h5-14H,15H2,1-4H3,(H,28,31)(H,30,32). The molecule has 3 aromatic rings. The molecule has 2 amide bonds. The van der Waals surface area contributed by atoms with E-state index in [1.165, 1.54) is 7.11 Å². The van der Waals surface area contributed by atoms with Gasteiger partial charge in [-0.05, 0) is 62.2 Å². The van der Waals surface area contributed by atoms with E-state index in [4.69, 9.17) is 21.1 Å². The first-order valence-electron chi connectivity index (χ1n) is 10.6. The Hall–Kier alpha value is -3.84. The minimum absolute atomic E-state index is 0.286. The summed E-state index contributed by atoms with van der Waals surface area (Å²) in [4.78, 5) is 24.5. The fraction of sp³-hybridized carbons (Fsp3) is 0.192. The molecule has 0 saturated carbocycles. The molecule has 0 aromatic heterocycles. The van der Waals surface area contributed by atoms with E-state index >= 15 is 0 Å². The number of rotatable bonds is 7. The van der Waals surface area contributed by atoms with E-state index in [1.54, 1.807) is 37.3 Å². The van der Waals surface area contributed by atoms with Crippen molar-refractivity contribution in [2.45, 2.75) is 27.4 Å². The number of aryl methyl sites for hydroxylation is 2. The summed E-state index contributed by atoms with van der Waals surface area (Å²) in [7, 11) is 1.54. The van der Waals surface area contributed by atoms with Crippen molar-refractivity contribution in [2.24, 2.45) is 5.10 Å². The number of anilines is 1. The number of nitrogens with one attached hydrogen (secondary N) is 2. The largest absolute Gasteiger partial charge is 0.493 e. The molecule has 2 N–H and O–H groups in total. The molecular weight excluding hydrogens is 454 g/mol. The highest BCUT2D eigenvalue weighted by Crippen LogP contribution is 2.30. The Balaban J connectivity index is 1.65. The molecule has 0 radical (unpaired) electrons. The van der Waals surface area contributed by atoms with Crippen LogP contribution >= 0.6 is 11.6 Å². The summed E-state index contributed by atoms with van der Waals surface area (Å²) in [6.45, 7) is 5.75. The zero-order chi connectivity index (χ0) is 24.7. The van der Waals surface area contributed by atoms with E-state index in [0.29, 0.717) is 33.5 Å². The van der Waals surface area contributed by atoms with Gasteiger partial charge in [-0.15, -0.1) is 0 Å². The summed E-state index contributed by atoms with van der Waals surface area (Å²) in [6.07, 6.45) is 0. The van der Waals surface area contributed by atoms with Crippen LogP contribution in [0.3, 0.4) is 0 Å². The third kappa shape index (κ3) is 6.36. The molecule has 0 heterocycles. The molecule has 0 spiro atoms. The molecule has 0 saturated heterocycles. The minimum Gasteiger partial charge on any atom is -0.493 e. The Kier molecular flexibility index (Phi) is 8.27. The van der Waals surface area contributed by atoms with Crippen LogP contribution in [0.5, 0.6) is 11.5 Å². The van der Waals surface area contributed by atoms with E-state index in [0.717, 1.165) is 16.7 Å². The lowest BCUT2D eigenvalue weighted by Crippen LogP contribution is -2.33. The zero-order valence-corrected chi connectivity index (χ0v) is 20.2. The van der Waals surface area contributed by atoms with Crippen molar-refractivity contribution in [1.82, 2.24) is 5.43 Å². The SMILES string of the molecule is COc1cc(C(C)=NNC(=O)C(=O)Nc2cc(C)ccc2C)ccc1OCc1ccccc1Cl. The molecule has 3 aromatic carbocycles. The highest BCUT2D eigenvalue weighted by Gasteiger charge is 2.15. The van der Waals surface area contributed by atoms with Crippen molar-refractivity contribution >= 4 is 34.8 Å². The van der Waals surface area contributed by atoms with Crippen molar-refractivity contribution in [2.75, 3.05) is 12.4 Å². The Morgan fingerprint density at radius 1 is 0.971 bits per heavy atom. The number of methoxy groups -OCH3 is 1. The number of carbonyl (C=O) groups excluding carboxylic acids is 2. The predicted octanol–water partition coefficient (Wildman–Crippen LogP) is 5.02. The smallest absolute Gasteiger partial charge is 0.329 e. The Labute approximate surface area is 203 Å². The molecular formula is C26H26ClN3O4.